The first kappa shape index (κ1) is 24.9. The Labute approximate surface area is 160 Å². The number of nitrogens with zero attached hydrogens (tertiary/aromatic N) is 1. The molecule has 0 unspecified atom stereocenters. The number of hydrogen-bond acceptors (Lipinski definition) is 3. The molecule has 1 rings (SSSR count). The maximum absolute atomic E-state index is 13.2. The van der Waals surface area contributed by atoms with Crippen LogP contribution in [0.5, 0.6) is 0 Å². The van der Waals surface area contributed by atoms with Crippen LogP contribution in [0.3, 0.4) is 0 Å². The van der Waals surface area contributed by atoms with Crippen LogP contribution in [0.2, 0.25) is 0 Å². The van der Waals surface area contributed by atoms with Crippen molar-refractivity contribution in [1.82, 2.24) is 0 Å². The molecule has 0 heterocycles. The van der Waals surface area contributed by atoms with Gasteiger partial charge < -0.3 is 10.6 Å². The van der Waals surface area contributed by atoms with Crippen LogP contribution in [0.4, 0.5) is 18.9 Å². The van der Waals surface area contributed by atoms with E-state index in [9.17, 15) is 18.0 Å². The minimum Gasteiger partial charge on any atom is -0.342 e. The summed E-state index contributed by atoms with van der Waals surface area (Å²) < 4.78 is 39.7. The quantitative estimate of drug-likeness (QED) is 0.458. The summed E-state index contributed by atoms with van der Waals surface area (Å²) in [5.74, 6) is -0.325. The zero-order valence-electron chi connectivity index (χ0n) is 16.9. The van der Waals surface area contributed by atoms with Gasteiger partial charge in [-0.2, -0.15) is 13.2 Å². The van der Waals surface area contributed by atoms with E-state index in [4.69, 9.17) is 5.73 Å². The molecule has 0 fully saturated rings. The van der Waals surface area contributed by atoms with Gasteiger partial charge in [0.2, 0.25) is 0 Å². The molecule has 2 N–H and O–H groups in total. The highest BCUT2D eigenvalue weighted by molar-refractivity contribution is 5.99. The molecule has 6 heteroatoms. The third-order valence-electron chi connectivity index (χ3n) is 3.70. The predicted molar refractivity (Wildman–Crippen MR) is 107 cm³/mol. The van der Waals surface area contributed by atoms with Crippen molar-refractivity contribution in [3.05, 3.63) is 53.3 Å². The van der Waals surface area contributed by atoms with E-state index in [1.807, 2.05) is 26.8 Å². The first-order chi connectivity index (χ1) is 12.7. The number of benzene rings is 1. The maximum atomic E-state index is 13.2. The van der Waals surface area contributed by atoms with E-state index in [1.54, 1.807) is 32.2 Å². The van der Waals surface area contributed by atoms with Gasteiger partial charge in [0.05, 0.1) is 11.3 Å². The predicted octanol–water partition coefficient (Wildman–Crippen LogP) is 5.76. The van der Waals surface area contributed by atoms with Crippen molar-refractivity contribution >= 4 is 11.5 Å². The van der Waals surface area contributed by atoms with E-state index in [1.165, 1.54) is 4.90 Å². The lowest BCUT2D eigenvalue weighted by Gasteiger charge is -2.23. The number of alkyl halides is 3. The van der Waals surface area contributed by atoms with E-state index in [-0.39, 0.29) is 24.3 Å². The fourth-order valence-corrected chi connectivity index (χ4v) is 2.37. The molecule has 0 atom stereocenters. The number of rotatable bonds is 8. The smallest absolute Gasteiger partial charge is 0.342 e. The SMILES string of the molecule is CC.CC/C=C(/C=C(/C(=O)CCC)N(C)c1cccc(CN)c1)C(F)(F)F. The molecule has 0 aromatic heterocycles. The molecule has 0 aliphatic heterocycles. The van der Waals surface area contributed by atoms with Crippen LogP contribution < -0.4 is 10.6 Å². The number of halogens is 3. The molecule has 3 nitrogen and oxygen atoms in total. The average molecular weight is 384 g/mol. The topological polar surface area (TPSA) is 46.3 Å². The Morgan fingerprint density at radius 2 is 1.85 bits per heavy atom. The Kier molecular flexibility index (Phi) is 11.4. The van der Waals surface area contributed by atoms with Crippen molar-refractivity contribution in [2.24, 2.45) is 5.73 Å². The zero-order valence-corrected chi connectivity index (χ0v) is 16.9. The number of hydrogen-bond donors (Lipinski definition) is 1. The standard InChI is InChI=1S/C19H25F3N2O.C2H6/c1-4-7-15(19(20,21)22)12-17(18(25)8-5-2)24(3)16-10-6-9-14(11-16)13-23;1-2/h6-7,9-12H,4-5,8,13,23H2,1-3H3;1-2H3/b15-7-,17-12-;. The summed E-state index contributed by atoms with van der Waals surface area (Å²) in [7, 11) is 1.59. The molecule has 152 valence electrons. The Morgan fingerprint density at radius 1 is 1.22 bits per heavy atom. The normalized spacial score (nSPS) is 12.3. The average Bonchev–Trinajstić information content (AvgIpc) is 2.65. The summed E-state index contributed by atoms with van der Waals surface area (Å²) in [6.07, 6.45) is -1.50. The number of allylic oxidation sites excluding steroid dienone is 4. The number of carbonyl (C=O) groups excluding carboxylic acids is 1. The second-order valence-corrected chi connectivity index (χ2v) is 5.70. The lowest BCUT2D eigenvalue weighted by molar-refractivity contribution is -0.115. The van der Waals surface area contributed by atoms with Crippen molar-refractivity contribution in [2.45, 2.75) is 59.7 Å². The van der Waals surface area contributed by atoms with Gasteiger partial charge in [0.15, 0.2) is 5.78 Å². The van der Waals surface area contributed by atoms with Crippen LogP contribution in [0.15, 0.2) is 47.7 Å². The second-order valence-electron chi connectivity index (χ2n) is 5.70. The molecule has 27 heavy (non-hydrogen) atoms. The highest BCUT2D eigenvalue weighted by Crippen LogP contribution is 2.30. The second kappa shape index (κ2) is 12.3. The number of likely N-dealkylation sites (N-methyl/N-ethyl adjacent to an activating group) is 1. The van der Waals surface area contributed by atoms with Crippen molar-refractivity contribution in [3.8, 4) is 0 Å². The Morgan fingerprint density at radius 3 is 2.33 bits per heavy atom. The van der Waals surface area contributed by atoms with E-state index in [2.05, 4.69) is 0 Å². The highest BCUT2D eigenvalue weighted by Gasteiger charge is 2.33. The number of anilines is 1. The summed E-state index contributed by atoms with van der Waals surface area (Å²) >= 11 is 0. The van der Waals surface area contributed by atoms with Crippen LogP contribution in [-0.2, 0) is 11.3 Å². The van der Waals surface area contributed by atoms with Gasteiger partial charge >= 0.3 is 6.18 Å². The van der Waals surface area contributed by atoms with Gasteiger partial charge in [-0.3, -0.25) is 4.79 Å². The van der Waals surface area contributed by atoms with E-state index in [0.29, 0.717) is 18.7 Å². The van der Waals surface area contributed by atoms with Gasteiger partial charge in [-0.15, -0.1) is 0 Å². The van der Waals surface area contributed by atoms with Crippen molar-refractivity contribution < 1.29 is 18.0 Å². The summed E-state index contributed by atoms with van der Waals surface area (Å²) in [6.45, 7) is 7.76. The Bertz CT molecular complexity index is 649. The van der Waals surface area contributed by atoms with Crippen LogP contribution in [0.1, 0.15) is 52.5 Å². The molecule has 0 radical (unpaired) electrons. The fraction of sp³-hybridized carbons (Fsp3) is 0.476. The van der Waals surface area contributed by atoms with E-state index in [0.717, 1.165) is 17.7 Å². The summed E-state index contributed by atoms with van der Waals surface area (Å²) in [5, 5.41) is 0. The summed E-state index contributed by atoms with van der Waals surface area (Å²) in [6, 6.07) is 7.10. The first-order valence-electron chi connectivity index (χ1n) is 9.29. The molecular formula is C21H31F3N2O. The van der Waals surface area contributed by atoms with Gasteiger partial charge in [0.1, 0.15) is 0 Å². The molecule has 1 aromatic carbocycles. The number of ketones is 1. The largest absolute Gasteiger partial charge is 0.416 e. The number of nitrogens with two attached hydrogens (primary N) is 1. The fourth-order valence-electron chi connectivity index (χ4n) is 2.37. The first-order valence-corrected chi connectivity index (χ1v) is 9.29. The molecule has 0 saturated carbocycles. The third-order valence-corrected chi connectivity index (χ3v) is 3.70. The van der Waals surface area contributed by atoms with Crippen LogP contribution in [-0.4, -0.2) is 19.0 Å². The minimum atomic E-state index is -4.51. The summed E-state index contributed by atoms with van der Waals surface area (Å²) in [5.41, 5.74) is 6.30. The number of carbonyl (C=O) groups is 1. The van der Waals surface area contributed by atoms with Crippen molar-refractivity contribution in [2.75, 3.05) is 11.9 Å². The molecule has 0 amide bonds. The highest BCUT2D eigenvalue weighted by atomic mass is 19.4. The van der Waals surface area contributed by atoms with Crippen molar-refractivity contribution in [1.29, 1.82) is 0 Å². The lowest BCUT2D eigenvalue weighted by Crippen LogP contribution is -2.25. The van der Waals surface area contributed by atoms with Gasteiger partial charge in [0.25, 0.3) is 0 Å². The van der Waals surface area contributed by atoms with Crippen LogP contribution in [0.25, 0.3) is 0 Å². The van der Waals surface area contributed by atoms with E-state index < -0.39 is 11.7 Å². The van der Waals surface area contributed by atoms with Gasteiger partial charge in [-0.05, 0) is 36.6 Å². The van der Waals surface area contributed by atoms with Crippen LogP contribution >= 0.6 is 0 Å². The molecule has 0 saturated heterocycles. The van der Waals surface area contributed by atoms with Crippen molar-refractivity contribution in [3.63, 3.8) is 0 Å². The van der Waals surface area contributed by atoms with E-state index >= 15 is 0 Å². The van der Waals surface area contributed by atoms with Gasteiger partial charge in [0, 0.05) is 25.7 Å². The summed E-state index contributed by atoms with van der Waals surface area (Å²) in [4.78, 5) is 13.9. The molecule has 0 spiro atoms. The molecule has 1 aromatic rings. The maximum Gasteiger partial charge on any atom is 0.416 e. The molecule has 0 aliphatic carbocycles. The molecular weight excluding hydrogens is 353 g/mol. The Hall–Kier alpha value is -2.08. The number of Topliss-reactive ketones (excluding diaryl/α,β-unsaturated/α-hetero) is 1. The van der Waals surface area contributed by atoms with Crippen LogP contribution in [0, 0.1) is 0 Å². The zero-order chi connectivity index (χ0) is 21.0. The molecule has 0 bridgehead atoms. The van der Waals surface area contributed by atoms with Gasteiger partial charge in [-0.25, -0.2) is 0 Å². The minimum absolute atomic E-state index is 0.0213. The monoisotopic (exact) mass is 384 g/mol. The Balaban J connectivity index is 0.00000326. The lowest BCUT2D eigenvalue weighted by atomic mass is 10.1. The van der Waals surface area contributed by atoms with Gasteiger partial charge in [-0.1, -0.05) is 45.9 Å². The third kappa shape index (κ3) is 7.99. The molecule has 0 aliphatic rings.